The van der Waals surface area contributed by atoms with Gasteiger partial charge in [0.2, 0.25) is 5.91 Å². The van der Waals surface area contributed by atoms with E-state index in [0.29, 0.717) is 23.9 Å². The normalized spacial score (nSPS) is 20.7. The molecule has 4 heterocycles. The third-order valence-electron chi connectivity index (χ3n) is 5.88. The number of hydrogen-bond donors (Lipinski definition) is 3. The molecule has 8 nitrogen and oxygen atoms in total. The predicted molar refractivity (Wildman–Crippen MR) is 111 cm³/mol. The van der Waals surface area contributed by atoms with Gasteiger partial charge < -0.3 is 20.7 Å². The molecule has 2 fully saturated rings. The van der Waals surface area contributed by atoms with Crippen molar-refractivity contribution in [2.75, 3.05) is 43.5 Å². The van der Waals surface area contributed by atoms with E-state index < -0.39 is 5.82 Å². The van der Waals surface area contributed by atoms with Gasteiger partial charge in [-0.05, 0) is 37.3 Å². The Kier molecular flexibility index (Phi) is 6.19. The average Bonchev–Trinajstić information content (AvgIpc) is 3.30. The first-order valence-corrected chi connectivity index (χ1v) is 10.3. The molecule has 0 saturated carbocycles. The van der Waals surface area contributed by atoms with Crippen molar-refractivity contribution in [2.45, 2.75) is 26.2 Å². The summed E-state index contributed by atoms with van der Waals surface area (Å²) in [6, 6.07) is 3.23. The van der Waals surface area contributed by atoms with Crippen LogP contribution in [0.2, 0.25) is 0 Å². The Labute approximate surface area is 175 Å². The van der Waals surface area contributed by atoms with Crippen molar-refractivity contribution in [3.05, 3.63) is 30.5 Å². The number of rotatable bonds is 6. The number of nitrogens with zero attached hydrogens (tertiary/aromatic N) is 3. The van der Waals surface area contributed by atoms with Gasteiger partial charge in [0.1, 0.15) is 18.0 Å². The Balaban J connectivity index is 1.47. The van der Waals surface area contributed by atoms with Gasteiger partial charge in [-0.25, -0.2) is 19.3 Å². The summed E-state index contributed by atoms with van der Waals surface area (Å²) in [5.74, 6) is 0.232. The van der Waals surface area contributed by atoms with E-state index in [1.165, 1.54) is 12.4 Å². The van der Waals surface area contributed by atoms with Gasteiger partial charge in [-0.1, -0.05) is 6.92 Å². The number of anilines is 2. The van der Waals surface area contributed by atoms with Crippen LogP contribution in [-0.2, 0) is 9.53 Å². The molecule has 160 valence electrons. The van der Waals surface area contributed by atoms with Crippen LogP contribution in [0.5, 0.6) is 0 Å². The lowest BCUT2D eigenvalue weighted by Gasteiger charge is -2.33. The van der Waals surface area contributed by atoms with Crippen LogP contribution in [0.4, 0.5) is 16.0 Å². The molecule has 3 N–H and O–H groups in total. The van der Waals surface area contributed by atoms with E-state index in [0.717, 1.165) is 51.8 Å². The highest BCUT2D eigenvalue weighted by Crippen LogP contribution is 2.30. The summed E-state index contributed by atoms with van der Waals surface area (Å²) in [5, 5.41) is 9.29. The number of halogens is 1. The second kappa shape index (κ2) is 9.01. The minimum absolute atomic E-state index is 0.0956. The van der Waals surface area contributed by atoms with E-state index in [4.69, 9.17) is 4.74 Å². The van der Waals surface area contributed by atoms with Crippen molar-refractivity contribution in [3.63, 3.8) is 0 Å². The van der Waals surface area contributed by atoms with E-state index in [-0.39, 0.29) is 22.8 Å². The summed E-state index contributed by atoms with van der Waals surface area (Å²) in [7, 11) is 0. The lowest BCUT2D eigenvalue weighted by molar-refractivity contribution is -0.119. The third-order valence-corrected chi connectivity index (χ3v) is 5.88. The van der Waals surface area contributed by atoms with E-state index >= 15 is 0 Å². The van der Waals surface area contributed by atoms with Crippen molar-refractivity contribution in [2.24, 2.45) is 11.3 Å². The summed E-state index contributed by atoms with van der Waals surface area (Å²) in [5.41, 5.74) is 0.841. The molecular weight excluding hydrogens is 387 g/mol. The predicted octanol–water partition coefficient (Wildman–Crippen LogP) is 2.45. The van der Waals surface area contributed by atoms with Gasteiger partial charge in [0.05, 0.1) is 17.8 Å². The Bertz CT molecular complexity index is 897. The van der Waals surface area contributed by atoms with Crippen LogP contribution in [0.25, 0.3) is 11.3 Å². The summed E-state index contributed by atoms with van der Waals surface area (Å²) in [6.45, 7) is 5.97. The molecule has 0 bridgehead atoms. The topological polar surface area (TPSA) is 101 Å². The second-order valence-corrected chi connectivity index (χ2v) is 8.29. The van der Waals surface area contributed by atoms with E-state index in [2.05, 4.69) is 37.8 Å². The van der Waals surface area contributed by atoms with Gasteiger partial charge in [-0.3, -0.25) is 4.79 Å². The molecule has 30 heavy (non-hydrogen) atoms. The smallest absolute Gasteiger partial charge is 0.229 e. The first-order valence-electron chi connectivity index (χ1n) is 10.3. The van der Waals surface area contributed by atoms with Crippen molar-refractivity contribution in [3.8, 4) is 11.3 Å². The maximum absolute atomic E-state index is 14.5. The summed E-state index contributed by atoms with van der Waals surface area (Å²) in [6.07, 6.45) is 5.27. The molecule has 9 heteroatoms. The highest BCUT2D eigenvalue weighted by molar-refractivity contribution is 5.92. The quantitative estimate of drug-likeness (QED) is 0.667. The van der Waals surface area contributed by atoms with Crippen molar-refractivity contribution >= 4 is 17.5 Å². The zero-order chi connectivity index (χ0) is 21.0. The number of carbonyl (C=O) groups is 1. The minimum atomic E-state index is -0.503. The SMILES string of the molecule is CC1(CNc2cc(-c3cc(NC(=O)C4CCNC4)ncc3F)ncn2)CCOCC1. The van der Waals surface area contributed by atoms with Crippen molar-refractivity contribution in [1.82, 2.24) is 20.3 Å². The first-order chi connectivity index (χ1) is 14.5. The average molecular weight is 414 g/mol. The number of aromatic nitrogens is 3. The van der Waals surface area contributed by atoms with Crippen LogP contribution < -0.4 is 16.0 Å². The summed E-state index contributed by atoms with van der Waals surface area (Å²) < 4.78 is 19.9. The van der Waals surface area contributed by atoms with Crippen LogP contribution in [-0.4, -0.2) is 53.7 Å². The Morgan fingerprint density at radius 3 is 2.87 bits per heavy atom. The molecule has 2 saturated heterocycles. The van der Waals surface area contributed by atoms with Crippen LogP contribution in [0.1, 0.15) is 26.2 Å². The van der Waals surface area contributed by atoms with Crippen LogP contribution >= 0.6 is 0 Å². The zero-order valence-electron chi connectivity index (χ0n) is 17.1. The maximum Gasteiger partial charge on any atom is 0.229 e. The van der Waals surface area contributed by atoms with Crippen molar-refractivity contribution in [1.29, 1.82) is 0 Å². The van der Waals surface area contributed by atoms with Gasteiger partial charge in [0.15, 0.2) is 5.82 Å². The van der Waals surface area contributed by atoms with Gasteiger partial charge >= 0.3 is 0 Å². The van der Waals surface area contributed by atoms with Crippen LogP contribution in [0.15, 0.2) is 24.7 Å². The number of ether oxygens (including phenoxy) is 1. The molecule has 0 aliphatic carbocycles. The van der Waals surface area contributed by atoms with Gasteiger partial charge in [0, 0.05) is 37.9 Å². The molecule has 1 unspecified atom stereocenters. The van der Waals surface area contributed by atoms with Crippen LogP contribution in [0.3, 0.4) is 0 Å². The monoisotopic (exact) mass is 414 g/mol. The Hall–Kier alpha value is -2.65. The largest absolute Gasteiger partial charge is 0.381 e. The number of pyridine rings is 1. The molecule has 1 atom stereocenters. The number of amides is 1. The molecule has 2 aromatic rings. The molecule has 2 aliphatic heterocycles. The summed E-state index contributed by atoms with van der Waals surface area (Å²) >= 11 is 0. The maximum atomic E-state index is 14.5. The lowest BCUT2D eigenvalue weighted by atomic mass is 9.82. The molecule has 0 radical (unpaired) electrons. The van der Waals surface area contributed by atoms with E-state index in [1.807, 2.05) is 0 Å². The van der Waals surface area contributed by atoms with Crippen LogP contribution in [0, 0.1) is 17.2 Å². The van der Waals surface area contributed by atoms with Gasteiger partial charge in [0.25, 0.3) is 0 Å². The molecule has 0 aromatic carbocycles. The van der Waals surface area contributed by atoms with Gasteiger partial charge in [-0.2, -0.15) is 0 Å². The molecular formula is C21H27FN6O2. The molecule has 4 rings (SSSR count). The third kappa shape index (κ3) is 4.91. The molecule has 0 spiro atoms. The highest BCUT2D eigenvalue weighted by atomic mass is 19.1. The number of carbonyl (C=O) groups excluding carboxylic acids is 1. The Morgan fingerprint density at radius 1 is 1.27 bits per heavy atom. The summed E-state index contributed by atoms with van der Waals surface area (Å²) in [4.78, 5) is 24.8. The fraction of sp³-hybridized carbons (Fsp3) is 0.524. The lowest BCUT2D eigenvalue weighted by Crippen LogP contribution is -2.33. The molecule has 2 aliphatic rings. The van der Waals surface area contributed by atoms with Crippen molar-refractivity contribution < 1.29 is 13.9 Å². The number of hydrogen-bond acceptors (Lipinski definition) is 7. The second-order valence-electron chi connectivity index (χ2n) is 8.29. The first kappa shape index (κ1) is 20.6. The standard InChI is InChI=1S/C21H27FN6O2/c1-21(3-6-30-7-4-21)12-25-18-9-17(26-13-27-18)15-8-19(24-11-16(15)22)28-20(29)14-2-5-23-10-14/h8-9,11,13-14,23H,2-7,10,12H2,1H3,(H,24,28,29)(H,25,26,27). The fourth-order valence-corrected chi connectivity index (χ4v) is 3.76. The highest BCUT2D eigenvalue weighted by Gasteiger charge is 2.27. The molecule has 1 amide bonds. The Morgan fingerprint density at radius 2 is 2.10 bits per heavy atom. The van der Waals surface area contributed by atoms with E-state index in [1.54, 1.807) is 6.07 Å². The minimum Gasteiger partial charge on any atom is -0.381 e. The zero-order valence-corrected chi connectivity index (χ0v) is 17.1. The van der Waals surface area contributed by atoms with E-state index in [9.17, 15) is 9.18 Å². The molecule has 2 aromatic heterocycles. The van der Waals surface area contributed by atoms with Gasteiger partial charge in [-0.15, -0.1) is 0 Å². The fourth-order valence-electron chi connectivity index (χ4n) is 3.76. The number of nitrogens with one attached hydrogen (secondary N) is 3.